The van der Waals surface area contributed by atoms with Crippen LogP contribution in [0.15, 0.2) is 24.3 Å². The van der Waals surface area contributed by atoms with Crippen molar-refractivity contribution in [3.63, 3.8) is 0 Å². The number of benzene rings is 1. The maximum atomic E-state index is 12.6. The zero-order valence-electron chi connectivity index (χ0n) is 13.6. The molecule has 6 heteroatoms. The topological polar surface area (TPSA) is 84.7 Å². The fourth-order valence-corrected chi connectivity index (χ4v) is 2.87. The highest BCUT2D eigenvalue weighted by Crippen LogP contribution is 2.20. The van der Waals surface area contributed by atoms with E-state index in [9.17, 15) is 9.59 Å². The van der Waals surface area contributed by atoms with Gasteiger partial charge in [0.1, 0.15) is 18.4 Å². The Morgan fingerprint density at radius 3 is 2.96 bits per heavy atom. The molecule has 0 aromatic heterocycles. The lowest BCUT2D eigenvalue weighted by molar-refractivity contribution is -0.141. The van der Waals surface area contributed by atoms with Gasteiger partial charge >= 0.3 is 0 Å². The number of nitrogens with two attached hydrogens (primary N) is 1. The molecule has 6 nitrogen and oxygen atoms in total. The van der Waals surface area contributed by atoms with Crippen LogP contribution in [0.25, 0.3) is 0 Å². The highest BCUT2D eigenvalue weighted by Gasteiger charge is 2.31. The van der Waals surface area contributed by atoms with Crippen LogP contribution in [0.2, 0.25) is 0 Å². The Balaban J connectivity index is 2.03. The molecule has 1 fully saturated rings. The van der Waals surface area contributed by atoms with E-state index in [1.54, 1.807) is 11.9 Å². The number of piperidine rings is 1. The quantitative estimate of drug-likeness (QED) is 0.808. The van der Waals surface area contributed by atoms with Crippen molar-refractivity contribution in [2.24, 2.45) is 5.73 Å². The molecule has 0 spiro atoms. The SMILES string of the molecule is CNC(=O)C1CCCCN1C(=O)Cc1cccc(OCCN)c1. The van der Waals surface area contributed by atoms with Gasteiger partial charge in [0, 0.05) is 20.1 Å². The normalized spacial score (nSPS) is 17.7. The monoisotopic (exact) mass is 319 g/mol. The van der Waals surface area contributed by atoms with Crippen LogP contribution in [0, 0.1) is 0 Å². The molecule has 1 saturated heterocycles. The summed E-state index contributed by atoms with van der Waals surface area (Å²) >= 11 is 0. The lowest BCUT2D eigenvalue weighted by Gasteiger charge is -2.34. The molecule has 0 aliphatic carbocycles. The summed E-state index contributed by atoms with van der Waals surface area (Å²) in [5.74, 6) is 0.606. The predicted molar refractivity (Wildman–Crippen MR) is 88.1 cm³/mol. The standard InChI is InChI=1S/C17H25N3O3/c1-19-17(22)15-7-2-3-9-20(15)16(21)12-13-5-4-6-14(11-13)23-10-8-18/h4-6,11,15H,2-3,7-10,12,18H2,1H3,(H,19,22). The first-order valence-corrected chi connectivity index (χ1v) is 8.08. The zero-order chi connectivity index (χ0) is 16.7. The van der Waals surface area contributed by atoms with Crippen LogP contribution < -0.4 is 15.8 Å². The minimum absolute atomic E-state index is 0.0192. The highest BCUT2D eigenvalue weighted by atomic mass is 16.5. The molecule has 1 atom stereocenters. The number of rotatable bonds is 6. The van der Waals surface area contributed by atoms with E-state index in [0.29, 0.717) is 25.4 Å². The van der Waals surface area contributed by atoms with E-state index in [2.05, 4.69) is 5.32 Å². The lowest BCUT2D eigenvalue weighted by Crippen LogP contribution is -2.51. The number of carbonyl (C=O) groups excluding carboxylic acids is 2. The second kappa shape index (κ2) is 8.53. The van der Waals surface area contributed by atoms with Gasteiger partial charge in [-0.25, -0.2) is 0 Å². The van der Waals surface area contributed by atoms with E-state index in [1.165, 1.54) is 0 Å². The first-order valence-electron chi connectivity index (χ1n) is 8.08. The molecular formula is C17H25N3O3. The molecule has 1 aliphatic heterocycles. The van der Waals surface area contributed by atoms with Crippen LogP contribution in [-0.2, 0) is 16.0 Å². The van der Waals surface area contributed by atoms with Crippen molar-refractivity contribution in [3.8, 4) is 5.75 Å². The van der Waals surface area contributed by atoms with Crippen LogP contribution >= 0.6 is 0 Å². The molecule has 0 radical (unpaired) electrons. The zero-order valence-corrected chi connectivity index (χ0v) is 13.6. The van der Waals surface area contributed by atoms with Crippen LogP contribution in [0.1, 0.15) is 24.8 Å². The van der Waals surface area contributed by atoms with Gasteiger partial charge in [-0.15, -0.1) is 0 Å². The predicted octanol–water partition coefficient (Wildman–Crippen LogP) is 0.694. The average molecular weight is 319 g/mol. The lowest BCUT2D eigenvalue weighted by atomic mass is 10.00. The minimum Gasteiger partial charge on any atom is -0.492 e. The largest absolute Gasteiger partial charge is 0.492 e. The number of likely N-dealkylation sites (tertiary alicyclic amines) is 1. The second-order valence-electron chi connectivity index (χ2n) is 5.67. The Bertz CT molecular complexity index is 548. The van der Waals surface area contributed by atoms with E-state index in [0.717, 1.165) is 24.8 Å². The maximum Gasteiger partial charge on any atom is 0.242 e. The first-order chi connectivity index (χ1) is 11.2. The molecule has 1 unspecified atom stereocenters. The number of hydrogen-bond acceptors (Lipinski definition) is 4. The molecule has 1 aromatic rings. The summed E-state index contributed by atoms with van der Waals surface area (Å²) in [7, 11) is 1.61. The molecule has 2 amide bonds. The summed E-state index contributed by atoms with van der Waals surface area (Å²) in [5, 5.41) is 2.65. The Morgan fingerprint density at radius 2 is 2.22 bits per heavy atom. The number of amides is 2. The van der Waals surface area contributed by atoms with E-state index in [4.69, 9.17) is 10.5 Å². The third-order valence-corrected chi connectivity index (χ3v) is 4.01. The number of hydrogen-bond donors (Lipinski definition) is 2. The van der Waals surface area contributed by atoms with Crippen molar-refractivity contribution < 1.29 is 14.3 Å². The fraction of sp³-hybridized carbons (Fsp3) is 0.529. The Labute approximate surface area is 137 Å². The molecule has 1 heterocycles. The summed E-state index contributed by atoms with van der Waals surface area (Å²) in [6, 6.07) is 7.11. The summed E-state index contributed by atoms with van der Waals surface area (Å²) in [6.45, 7) is 1.54. The second-order valence-corrected chi connectivity index (χ2v) is 5.67. The van der Waals surface area contributed by atoms with Crippen molar-refractivity contribution in [2.45, 2.75) is 31.7 Å². The van der Waals surface area contributed by atoms with Crippen molar-refractivity contribution in [2.75, 3.05) is 26.7 Å². The Kier molecular flexibility index (Phi) is 6.40. The summed E-state index contributed by atoms with van der Waals surface area (Å²) < 4.78 is 5.49. The molecule has 1 aromatic carbocycles. The minimum atomic E-state index is -0.349. The van der Waals surface area contributed by atoms with Gasteiger partial charge in [0.15, 0.2) is 0 Å². The van der Waals surface area contributed by atoms with Crippen molar-refractivity contribution >= 4 is 11.8 Å². The molecule has 0 bridgehead atoms. The van der Waals surface area contributed by atoms with Gasteiger partial charge in [-0.05, 0) is 37.0 Å². The number of nitrogens with one attached hydrogen (secondary N) is 1. The highest BCUT2D eigenvalue weighted by molar-refractivity contribution is 5.88. The molecule has 1 aliphatic rings. The van der Waals surface area contributed by atoms with Crippen molar-refractivity contribution in [1.82, 2.24) is 10.2 Å². The van der Waals surface area contributed by atoms with Crippen molar-refractivity contribution in [3.05, 3.63) is 29.8 Å². The summed E-state index contributed by atoms with van der Waals surface area (Å²) in [4.78, 5) is 26.3. The molecule has 126 valence electrons. The number of carbonyl (C=O) groups is 2. The van der Waals surface area contributed by atoms with Crippen LogP contribution in [0.5, 0.6) is 5.75 Å². The third-order valence-electron chi connectivity index (χ3n) is 4.01. The fourth-order valence-electron chi connectivity index (χ4n) is 2.87. The molecule has 0 saturated carbocycles. The van der Waals surface area contributed by atoms with Crippen LogP contribution in [0.3, 0.4) is 0 Å². The van der Waals surface area contributed by atoms with Gasteiger partial charge in [0.25, 0.3) is 0 Å². The summed E-state index contributed by atoms with van der Waals surface area (Å²) in [5.41, 5.74) is 6.31. The van der Waals surface area contributed by atoms with E-state index in [1.807, 2.05) is 24.3 Å². The maximum absolute atomic E-state index is 12.6. The molecular weight excluding hydrogens is 294 g/mol. The Morgan fingerprint density at radius 1 is 1.39 bits per heavy atom. The molecule has 3 N–H and O–H groups in total. The Hall–Kier alpha value is -2.08. The number of nitrogens with zero attached hydrogens (tertiary/aromatic N) is 1. The van der Waals surface area contributed by atoms with E-state index < -0.39 is 0 Å². The van der Waals surface area contributed by atoms with E-state index >= 15 is 0 Å². The number of likely N-dealkylation sites (N-methyl/N-ethyl adjacent to an activating group) is 1. The van der Waals surface area contributed by atoms with Crippen molar-refractivity contribution in [1.29, 1.82) is 0 Å². The van der Waals surface area contributed by atoms with Crippen LogP contribution in [-0.4, -0.2) is 49.5 Å². The molecule has 2 rings (SSSR count). The first kappa shape index (κ1) is 17.3. The smallest absolute Gasteiger partial charge is 0.242 e. The van der Waals surface area contributed by atoms with Gasteiger partial charge in [-0.2, -0.15) is 0 Å². The van der Waals surface area contributed by atoms with Gasteiger partial charge in [-0.1, -0.05) is 12.1 Å². The van der Waals surface area contributed by atoms with Gasteiger partial charge < -0.3 is 20.7 Å². The number of ether oxygens (including phenoxy) is 1. The van der Waals surface area contributed by atoms with Crippen LogP contribution in [0.4, 0.5) is 0 Å². The van der Waals surface area contributed by atoms with Gasteiger partial charge in [0.2, 0.25) is 11.8 Å². The third kappa shape index (κ3) is 4.69. The van der Waals surface area contributed by atoms with Gasteiger partial charge in [0.05, 0.1) is 6.42 Å². The molecule has 23 heavy (non-hydrogen) atoms. The summed E-state index contributed by atoms with van der Waals surface area (Å²) in [6.07, 6.45) is 2.92. The average Bonchev–Trinajstić information content (AvgIpc) is 2.59. The van der Waals surface area contributed by atoms with E-state index in [-0.39, 0.29) is 24.3 Å². The van der Waals surface area contributed by atoms with Gasteiger partial charge in [-0.3, -0.25) is 9.59 Å².